The summed E-state index contributed by atoms with van der Waals surface area (Å²) in [7, 11) is 0. The molecule has 37 heavy (non-hydrogen) atoms. The molecule has 1 amide bonds. The van der Waals surface area contributed by atoms with Crippen LogP contribution in [-0.2, 0) is 19.0 Å². The maximum absolute atomic E-state index is 13.0. The normalized spacial score (nSPS) is 11.5. The molecular formula is C27H21F3N6O. The average Bonchev–Trinajstić information content (AvgIpc) is 3.27. The number of nitrogen functional groups attached to an aromatic ring is 1. The SMILES string of the molecule is Nc1nc(Cc2ccccc2)nc2n[nH]c(Cc3cccc(NC(=O)c4cccc(C(F)(F)F)c4)c3)c12. The second-order valence-electron chi connectivity index (χ2n) is 8.50. The highest BCUT2D eigenvalue weighted by molar-refractivity contribution is 6.04. The van der Waals surface area contributed by atoms with E-state index < -0.39 is 17.6 Å². The molecule has 0 unspecified atom stereocenters. The van der Waals surface area contributed by atoms with Crippen LogP contribution in [0.15, 0.2) is 78.9 Å². The molecule has 0 radical (unpaired) electrons. The van der Waals surface area contributed by atoms with Crippen molar-refractivity contribution in [2.75, 3.05) is 11.1 Å². The number of benzene rings is 3. The summed E-state index contributed by atoms with van der Waals surface area (Å²) in [5, 5.41) is 10.5. The smallest absolute Gasteiger partial charge is 0.383 e. The highest BCUT2D eigenvalue weighted by Gasteiger charge is 2.30. The number of fused-ring (bicyclic) bond motifs is 1. The number of carbonyl (C=O) groups excluding carboxylic acids is 1. The largest absolute Gasteiger partial charge is 0.416 e. The maximum atomic E-state index is 13.0. The number of aromatic nitrogens is 4. The number of nitrogens with one attached hydrogen (secondary N) is 2. The van der Waals surface area contributed by atoms with Gasteiger partial charge in [-0.25, -0.2) is 9.97 Å². The minimum atomic E-state index is -4.53. The molecule has 5 rings (SSSR count). The molecule has 0 aliphatic rings. The van der Waals surface area contributed by atoms with E-state index in [1.54, 1.807) is 18.2 Å². The summed E-state index contributed by atoms with van der Waals surface area (Å²) < 4.78 is 39.0. The molecule has 0 saturated heterocycles. The van der Waals surface area contributed by atoms with E-state index >= 15 is 0 Å². The van der Waals surface area contributed by atoms with E-state index in [2.05, 4.69) is 25.5 Å². The highest BCUT2D eigenvalue weighted by Crippen LogP contribution is 2.30. The van der Waals surface area contributed by atoms with Gasteiger partial charge in [-0.15, -0.1) is 0 Å². The summed E-state index contributed by atoms with van der Waals surface area (Å²) in [6.07, 6.45) is -3.61. The average molecular weight is 503 g/mol. The first kappa shape index (κ1) is 24.0. The molecule has 0 bridgehead atoms. The van der Waals surface area contributed by atoms with Crippen LogP contribution in [-0.4, -0.2) is 26.1 Å². The Kier molecular flexibility index (Phi) is 6.31. The van der Waals surface area contributed by atoms with Crippen molar-refractivity contribution in [3.05, 3.63) is 113 Å². The molecule has 0 aliphatic heterocycles. The van der Waals surface area contributed by atoms with Crippen LogP contribution in [0, 0.1) is 0 Å². The second kappa shape index (κ2) is 9.73. The zero-order valence-corrected chi connectivity index (χ0v) is 19.4. The van der Waals surface area contributed by atoms with Gasteiger partial charge in [-0.05, 0) is 41.5 Å². The molecule has 7 nitrogen and oxygen atoms in total. The maximum Gasteiger partial charge on any atom is 0.416 e. The second-order valence-corrected chi connectivity index (χ2v) is 8.50. The fourth-order valence-electron chi connectivity index (χ4n) is 4.05. The van der Waals surface area contributed by atoms with Crippen molar-refractivity contribution >= 4 is 28.4 Å². The molecule has 3 aromatic carbocycles. The lowest BCUT2D eigenvalue weighted by Gasteiger charge is -2.10. The van der Waals surface area contributed by atoms with Crippen molar-refractivity contribution in [1.82, 2.24) is 20.2 Å². The van der Waals surface area contributed by atoms with Gasteiger partial charge in [-0.1, -0.05) is 48.5 Å². The first-order valence-electron chi connectivity index (χ1n) is 11.4. The summed E-state index contributed by atoms with van der Waals surface area (Å²) >= 11 is 0. The van der Waals surface area contributed by atoms with Crippen LogP contribution in [0.3, 0.4) is 0 Å². The summed E-state index contributed by atoms with van der Waals surface area (Å²) in [5.41, 5.74) is 8.78. The van der Waals surface area contributed by atoms with Crippen LogP contribution in [0.25, 0.3) is 11.0 Å². The van der Waals surface area contributed by atoms with Gasteiger partial charge in [0.05, 0.1) is 16.6 Å². The molecule has 2 aromatic heterocycles. The Labute approximate surface area is 209 Å². The van der Waals surface area contributed by atoms with E-state index in [9.17, 15) is 18.0 Å². The molecule has 0 atom stereocenters. The number of H-pyrrole nitrogens is 1. The summed E-state index contributed by atoms with van der Waals surface area (Å²) in [5.74, 6) is 0.237. The van der Waals surface area contributed by atoms with Gasteiger partial charge in [0.25, 0.3) is 5.91 Å². The van der Waals surface area contributed by atoms with Crippen molar-refractivity contribution in [3.63, 3.8) is 0 Å². The topological polar surface area (TPSA) is 110 Å². The lowest BCUT2D eigenvalue weighted by molar-refractivity contribution is -0.137. The molecule has 2 heterocycles. The number of amides is 1. The van der Waals surface area contributed by atoms with Crippen molar-refractivity contribution in [1.29, 1.82) is 0 Å². The number of hydrogen-bond acceptors (Lipinski definition) is 5. The number of rotatable bonds is 6. The molecular weight excluding hydrogens is 481 g/mol. The van der Waals surface area contributed by atoms with Gasteiger partial charge in [0.1, 0.15) is 11.6 Å². The Morgan fingerprint density at radius 1 is 0.892 bits per heavy atom. The fourth-order valence-corrected chi connectivity index (χ4v) is 4.05. The summed E-state index contributed by atoms with van der Waals surface area (Å²) in [6, 6.07) is 21.1. The van der Waals surface area contributed by atoms with Crippen LogP contribution in [0.4, 0.5) is 24.7 Å². The third-order valence-corrected chi connectivity index (χ3v) is 5.79. The predicted molar refractivity (Wildman–Crippen MR) is 134 cm³/mol. The number of aromatic amines is 1. The van der Waals surface area contributed by atoms with Crippen molar-refractivity contribution in [2.24, 2.45) is 0 Å². The molecule has 186 valence electrons. The zero-order chi connectivity index (χ0) is 26.0. The van der Waals surface area contributed by atoms with Crippen molar-refractivity contribution < 1.29 is 18.0 Å². The molecule has 10 heteroatoms. The fraction of sp³-hybridized carbons (Fsp3) is 0.111. The number of nitrogens with two attached hydrogens (primary N) is 1. The molecule has 0 fully saturated rings. The Bertz CT molecular complexity index is 1580. The Hall–Kier alpha value is -4.73. The highest BCUT2D eigenvalue weighted by atomic mass is 19.4. The molecule has 0 spiro atoms. The first-order chi connectivity index (χ1) is 17.8. The Balaban J connectivity index is 1.34. The van der Waals surface area contributed by atoms with Gasteiger partial charge < -0.3 is 11.1 Å². The van der Waals surface area contributed by atoms with Gasteiger partial charge >= 0.3 is 6.18 Å². The van der Waals surface area contributed by atoms with E-state index in [0.717, 1.165) is 23.3 Å². The van der Waals surface area contributed by atoms with Crippen LogP contribution in [0.5, 0.6) is 0 Å². The molecule has 0 aliphatic carbocycles. The predicted octanol–water partition coefficient (Wildman–Crippen LogP) is 5.39. The van der Waals surface area contributed by atoms with Gasteiger partial charge in [-0.2, -0.15) is 18.3 Å². The summed E-state index contributed by atoms with van der Waals surface area (Å²) in [4.78, 5) is 21.6. The monoisotopic (exact) mass is 502 g/mol. The molecule has 4 N–H and O–H groups in total. The minimum Gasteiger partial charge on any atom is -0.383 e. The van der Waals surface area contributed by atoms with Crippen molar-refractivity contribution in [2.45, 2.75) is 19.0 Å². The van der Waals surface area contributed by atoms with E-state index in [1.807, 2.05) is 36.4 Å². The van der Waals surface area contributed by atoms with E-state index in [1.165, 1.54) is 12.1 Å². The van der Waals surface area contributed by atoms with E-state index in [-0.39, 0.29) is 5.56 Å². The lowest BCUT2D eigenvalue weighted by atomic mass is 10.1. The number of hydrogen-bond donors (Lipinski definition) is 3. The van der Waals surface area contributed by atoms with Crippen LogP contribution in [0.1, 0.15) is 38.6 Å². The van der Waals surface area contributed by atoms with Crippen LogP contribution in [0.2, 0.25) is 0 Å². The number of nitrogens with zero attached hydrogens (tertiary/aromatic N) is 3. The summed E-state index contributed by atoms with van der Waals surface area (Å²) in [6.45, 7) is 0. The quantitative estimate of drug-likeness (QED) is 0.289. The van der Waals surface area contributed by atoms with Gasteiger partial charge in [0.2, 0.25) is 0 Å². The van der Waals surface area contributed by atoms with Gasteiger partial charge in [-0.3, -0.25) is 9.89 Å². The number of carbonyl (C=O) groups is 1. The zero-order valence-electron chi connectivity index (χ0n) is 19.4. The van der Waals surface area contributed by atoms with Crippen LogP contribution >= 0.6 is 0 Å². The van der Waals surface area contributed by atoms with Gasteiger partial charge in [0.15, 0.2) is 5.65 Å². The van der Waals surface area contributed by atoms with Gasteiger partial charge in [0, 0.05) is 24.1 Å². The Morgan fingerprint density at radius 3 is 2.43 bits per heavy atom. The molecule has 0 saturated carbocycles. The number of anilines is 2. The van der Waals surface area contributed by atoms with Crippen molar-refractivity contribution in [3.8, 4) is 0 Å². The van der Waals surface area contributed by atoms with E-state index in [0.29, 0.717) is 46.9 Å². The third kappa shape index (κ3) is 5.43. The minimum absolute atomic E-state index is 0.0870. The van der Waals surface area contributed by atoms with Crippen LogP contribution < -0.4 is 11.1 Å². The number of alkyl halides is 3. The molecule has 5 aromatic rings. The Morgan fingerprint density at radius 2 is 1.65 bits per heavy atom. The lowest BCUT2D eigenvalue weighted by Crippen LogP contribution is -2.14. The third-order valence-electron chi connectivity index (χ3n) is 5.79. The van der Waals surface area contributed by atoms with E-state index in [4.69, 9.17) is 5.73 Å². The first-order valence-corrected chi connectivity index (χ1v) is 11.4. The number of halogens is 3. The standard InChI is InChI=1S/C27H21F3N6O/c28-27(29,30)19-10-5-9-18(15-19)26(37)32-20-11-4-8-17(12-20)13-21-23-24(31)33-22(34-25(23)36-35-21)14-16-6-2-1-3-7-16/h1-12,15H,13-14H2,(H,32,37)(H3,31,33,34,35,36).